The third-order valence-corrected chi connectivity index (χ3v) is 5.32. The number of aryl methyl sites for hydroxylation is 1. The number of nitrogens with zero attached hydrogens (tertiary/aromatic N) is 5. The molecule has 5 rings (SSSR count). The highest BCUT2D eigenvalue weighted by atomic mass is 19.1. The fraction of sp³-hybridized carbons (Fsp3) is 0.136. The number of amides is 1. The van der Waals surface area contributed by atoms with Crippen LogP contribution in [0.1, 0.15) is 29.2 Å². The van der Waals surface area contributed by atoms with Crippen LogP contribution in [0.15, 0.2) is 48.7 Å². The number of fused-ring (bicyclic) bond motifs is 1. The molecule has 2 aromatic heterocycles. The van der Waals surface area contributed by atoms with E-state index in [2.05, 4.69) is 25.6 Å². The van der Waals surface area contributed by atoms with Gasteiger partial charge in [-0.25, -0.2) is 18.2 Å². The third-order valence-electron chi connectivity index (χ3n) is 5.32. The van der Waals surface area contributed by atoms with Gasteiger partial charge >= 0.3 is 0 Å². The lowest BCUT2D eigenvalue weighted by Gasteiger charge is -2.24. The highest BCUT2D eigenvalue weighted by Crippen LogP contribution is 2.40. The lowest BCUT2D eigenvalue weighted by atomic mass is 9.85. The maximum Gasteiger partial charge on any atom is 0.272 e. The van der Waals surface area contributed by atoms with Crippen molar-refractivity contribution in [3.05, 3.63) is 82.9 Å². The average Bonchev–Trinajstić information content (AvgIpc) is 3.10. The van der Waals surface area contributed by atoms with Gasteiger partial charge in [0.05, 0.1) is 17.6 Å². The molecular formula is C22H15F3N6O. The van der Waals surface area contributed by atoms with E-state index in [9.17, 15) is 18.0 Å². The van der Waals surface area contributed by atoms with E-state index in [0.717, 1.165) is 12.1 Å². The van der Waals surface area contributed by atoms with Gasteiger partial charge < -0.3 is 5.32 Å². The zero-order valence-corrected chi connectivity index (χ0v) is 16.7. The monoisotopic (exact) mass is 436 g/mol. The van der Waals surface area contributed by atoms with Crippen LogP contribution in [0.5, 0.6) is 0 Å². The Hall–Kier alpha value is -4.08. The van der Waals surface area contributed by atoms with Crippen molar-refractivity contribution in [1.82, 2.24) is 25.0 Å². The minimum absolute atomic E-state index is 0.0171. The number of benzene rings is 2. The number of aromatic nitrogens is 5. The fourth-order valence-corrected chi connectivity index (χ4v) is 3.89. The molecule has 4 aromatic rings. The Morgan fingerprint density at radius 2 is 1.81 bits per heavy atom. The van der Waals surface area contributed by atoms with E-state index in [0.29, 0.717) is 28.3 Å². The summed E-state index contributed by atoms with van der Waals surface area (Å²) < 4.78 is 42.5. The first-order valence-corrected chi connectivity index (χ1v) is 9.71. The average molecular weight is 436 g/mol. The molecular weight excluding hydrogens is 421 g/mol. The van der Waals surface area contributed by atoms with Gasteiger partial charge in [-0.1, -0.05) is 6.07 Å². The van der Waals surface area contributed by atoms with Crippen LogP contribution in [0.3, 0.4) is 0 Å². The second-order valence-electron chi connectivity index (χ2n) is 7.38. The first kappa shape index (κ1) is 19.9. The van der Waals surface area contributed by atoms with E-state index in [1.807, 2.05) is 0 Å². The second kappa shape index (κ2) is 7.56. The van der Waals surface area contributed by atoms with E-state index < -0.39 is 17.6 Å². The summed E-state index contributed by atoms with van der Waals surface area (Å²) in [5.41, 5.74) is 2.37. The minimum atomic E-state index is -0.737. The fourth-order valence-electron chi connectivity index (χ4n) is 3.89. The maximum atomic E-state index is 14.5. The van der Waals surface area contributed by atoms with Gasteiger partial charge in [-0.15, -0.1) is 5.10 Å². The number of rotatable bonds is 3. The number of carbonyl (C=O) groups is 1. The Balaban J connectivity index is 1.62. The molecule has 1 N–H and O–H groups in total. The normalized spacial score (nSPS) is 15.4. The lowest BCUT2D eigenvalue weighted by Crippen LogP contribution is -2.25. The SMILES string of the molecule is Cc1nn(-c2nncc(-c3ccc(F)cc3)n2)c2c1C(c1ccc(F)cc1F)CC(=O)N2. The molecule has 0 radical (unpaired) electrons. The van der Waals surface area contributed by atoms with Crippen molar-refractivity contribution >= 4 is 11.7 Å². The van der Waals surface area contributed by atoms with Crippen molar-refractivity contribution < 1.29 is 18.0 Å². The molecule has 1 aliphatic rings. The highest BCUT2D eigenvalue weighted by Gasteiger charge is 2.34. The number of carbonyl (C=O) groups excluding carboxylic acids is 1. The molecule has 0 bridgehead atoms. The van der Waals surface area contributed by atoms with Crippen LogP contribution in [0.25, 0.3) is 17.2 Å². The molecule has 0 fully saturated rings. The Kier molecular flexibility index (Phi) is 4.69. The summed E-state index contributed by atoms with van der Waals surface area (Å²) in [4.78, 5) is 16.9. The van der Waals surface area contributed by atoms with Crippen molar-refractivity contribution in [3.8, 4) is 17.2 Å². The van der Waals surface area contributed by atoms with Gasteiger partial charge in [0.25, 0.3) is 5.95 Å². The first-order valence-electron chi connectivity index (χ1n) is 9.71. The van der Waals surface area contributed by atoms with Crippen LogP contribution >= 0.6 is 0 Å². The molecule has 10 heteroatoms. The van der Waals surface area contributed by atoms with Crippen LogP contribution in [0, 0.1) is 24.4 Å². The van der Waals surface area contributed by atoms with Gasteiger partial charge in [-0.3, -0.25) is 4.79 Å². The molecule has 7 nitrogen and oxygen atoms in total. The predicted octanol–water partition coefficient (Wildman–Crippen LogP) is 3.92. The van der Waals surface area contributed by atoms with Crippen molar-refractivity contribution in [3.63, 3.8) is 0 Å². The summed E-state index contributed by atoms with van der Waals surface area (Å²) in [7, 11) is 0. The van der Waals surface area contributed by atoms with Crippen molar-refractivity contribution in [2.24, 2.45) is 0 Å². The minimum Gasteiger partial charge on any atom is -0.310 e. The van der Waals surface area contributed by atoms with Gasteiger partial charge in [0, 0.05) is 29.5 Å². The number of nitrogens with one attached hydrogen (secondary N) is 1. The molecule has 0 aliphatic carbocycles. The van der Waals surface area contributed by atoms with Crippen LogP contribution < -0.4 is 5.32 Å². The topological polar surface area (TPSA) is 85.6 Å². The lowest BCUT2D eigenvalue weighted by molar-refractivity contribution is -0.116. The number of hydrogen-bond acceptors (Lipinski definition) is 5. The molecule has 0 saturated carbocycles. The summed E-state index contributed by atoms with van der Waals surface area (Å²) in [6.45, 7) is 1.72. The van der Waals surface area contributed by atoms with Gasteiger partial charge in [-0.05, 0) is 42.8 Å². The van der Waals surface area contributed by atoms with Gasteiger partial charge in [0.2, 0.25) is 5.91 Å². The standard InChI is InChI=1S/C22H15F3N6O/c1-11-20-16(15-7-6-14(24)8-17(15)25)9-19(32)28-21(20)31(30-11)22-27-18(10-26-29-22)12-2-4-13(23)5-3-12/h2-8,10,16H,9H2,1H3,(H,28,32). The predicted molar refractivity (Wildman–Crippen MR) is 109 cm³/mol. The van der Waals surface area contributed by atoms with Gasteiger partial charge in [0.1, 0.15) is 23.3 Å². The second-order valence-corrected chi connectivity index (χ2v) is 7.38. The Morgan fingerprint density at radius 3 is 2.56 bits per heavy atom. The zero-order valence-electron chi connectivity index (χ0n) is 16.7. The molecule has 1 atom stereocenters. The number of hydrogen-bond donors (Lipinski definition) is 1. The summed E-state index contributed by atoms with van der Waals surface area (Å²) in [5, 5.41) is 15.2. The first-order chi connectivity index (χ1) is 15.4. The molecule has 1 aliphatic heterocycles. The quantitative estimate of drug-likeness (QED) is 0.526. The molecule has 160 valence electrons. The van der Waals surface area contributed by atoms with Crippen molar-refractivity contribution in [1.29, 1.82) is 0 Å². The molecule has 0 saturated heterocycles. The largest absolute Gasteiger partial charge is 0.310 e. The molecule has 1 amide bonds. The summed E-state index contributed by atoms with van der Waals surface area (Å²) in [5.74, 6) is -2.44. The Labute approximate surface area is 179 Å². The van der Waals surface area contributed by atoms with E-state index >= 15 is 0 Å². The highest BCUT2D eigenvalue weighted by molar-refractivity contribution is 5.95. The van der Waals surface area contributed by atoms with Crippen LogP contribution in [-0.2, 0) is 4.79 Å². The van der Waals surface area contributed by atoms with E-state index in [4.69, 9.17) is 0 Å². The van der Waals surface area contributed by atoms with Crippen LogP contribution in [0.4, 0.5) is 19.0 Å². The third kappa shape index (κ3) is 3.39. The Morgan fingerprint density at radius 1 is 1.06 bits per heavy atom. The molecule has 1 unspecified atom stereocenters. The van der Waals surface area contributed by atoms with Gasteiger partial charge in [0.15, 0.2) is 0 Å². The molecule has 0 spiro atoms. The van der Waals surface area contributed by atoms with Crippen LogP contribution in [0.2, 0.25) is 0 Å². The van der Waals surface area contributed by atoms with E-state index in [1.54, 1.807) is 19.1 Å². The number of halogens is 3. The van der Waals surface area contributed by atoms with Crippen LogP contribution in [-0.4, -0.2) is 30.9 Å². The summed E-state index contributed by atoms with van der Waals surface area (Å²) in [6, 6.07) is 9.01. The number of anilines is 1. The summed E-state index contributed by atoms with van der Waals surface area (Å²) >= 11 is 0. The maximum absolute atomic E-state index is 14.5. The van der Waals surface area contributed by atoms with Crippen molar-refractivity contribution in [2.75, 3.05) is 5.32 Å². The molecule has 32 heavy (non-hydrogen) atoms. The van der Waals surface area contributed by atoms with Crippen molar-refractivity contribution in [2.45, 2.75) is 19.3 Å². The zero-order chi connectivity index (χ0) is 22.4. The molecule has 2 aromatic carbocycles. The molecule has 3 heterocycles. The summed E-state index contributed by atoms with van der Waals surface area (Å²) in [6.07, 6.45) is 1.41. The smallest absolute Gasteiger partial charge is 0.272 e. The van der Waals surface area contributed by atoms with Gasteiger partial charge in [-0.2, -0.15) is 14.9 Å². The van der Waals surface area contributed by atoms with E-state index in [1.165, 1.54) is 29.1 Å². The van der Waals surface area contributed by atoms with E-state index in [-0.39, 0.29) is 29.7 Å². The Bertz CT molecular complexity index is 1350.